The second-order valence-electron chi connectivity index (χ2n) is 6.83. The molecule has 0 radical (unpaired) electrons. The van der Waals surface area contributed by atoms with Crippen molar-refractivity contribution in [3.63, 3.8) is 0 Å². The average Bonchev–Trinajstić information content (AvgIpc) is 3.35. The van der Waals surface area contributed by atoms with Gasteiger partial charge >= 0.3 is 0 Å². The van der Waals surface area contributed by atoms with Gasteiger partial charge in [-0.25, -0.2) is 14.4 Å². The van der Waals surface area contributed by atoms with Crippen molar-refractivity contribution in [3.05, 3.63) is 90.2 Å². The molecule has 3 aromatic heterocycles. The third-order valence-electron chi connectivity index (χ3n) is 4.79. The number of nitrogens with one attached hydrogen (secondary N) is 1. The van der Waals surface area contributed by atoms with Gasteiger partial charge in [-0.15, -0.1) is 0 Å². The molecule has 1 aliphatic heterocycles. The van der Waals surface area contributed by atoms with Crippen molar-refractivity contribution in [2.75, 3.05) is 6.61 Å². The van der Waals surface area contributed by atoms with Crippen molar-refractivity contribution in [2.24, 2.45) is 0 Å². The van der Waals surface area contributed by atoms with Crippen molar-refractivity contribution in [2.45, 2.75) is 12.6 Å². The van der Waals surface area contributed by atoms with E-state index < -0.39 is 17.8 Å². The molecule has 1 aromatic carbocycles. The highest BCUT2D eigenvalue weighted by Crippen LogP contribution is 2.28. The van der Waals surface area contributed by atoms with Gasteiger partial charge in [0.15, 0.2) is 23.1 Å². The molecule has 1 N–H and O–H groups in total. The van der Waals surface area contributed by atoms with Crippen LogP contribution in [0.2, 0.25) is 0 Å². The molecule has 9 heteroatoms. The Kier molecular flexibility index (Phi) is 4.47. The van der Waals surface area contributed by atoms with E-state index in [1.807, 2.05) is 30.3 Å². The Morgan fingerprint density at radius 3 is 2.90 bits per heavy atom. The lowest BCUT2D eigenvalue weighted by atomic mass is 10.2. The molecule has 0 saturated carbocycles. The number of hydrogen-bond donors (Lipinski definition) is 1. The van der Waals surface area contributed by atoms with E-state index in [0.717, 1.165) is 5.56 Å². The van der Waals surface area contributed by atoms with Crippen molar-refractivity contribution in [1.29, 1.82) is 0 Å². The molecular formula is C21H17FN6O2. The van der Waals surface area contributed by atoms with Crippen LogP contribution in [0.5, 0.6) is 5.75 Å². The number of halogens is 1. The van der Waals surface area contributed by atoms with Crippen LogP contribution >= 0.6 is 0 Å². The maximum absolute atomic E-state index is 14.4. The van der Waals surface area contributed by atoms with E-state index in [9.17, 15) is 9.18 Å². The van der Waals surface area contributed by atoms with Crippen molar-refractivity contribution < 1.29 is 13.9 Å². The first-order chi connectivity index (χ1) is 14.7. The van der Waals surface area contributed by atoms with Crippen LogP contribution in [0.15, 0.2) is 67.3 Å². The SMILES string of the molecule is O=C(NC1COc2cccnc2-n2ccnc21)c1nn(Cc2ccccc2)cc1F. The van der Waals surface area contributed by atoms with Crippen molar-refractivity contribution in [3.8, 4) is 11.6 Å². The van der Waals surface area contributed by atoms with Gasteiger partial charge in [-0.1, -0.05) is 30.3 Å². The largest absolute Gasteiger partial charge is 0.487 e. The zero-order valence-electron chi connectivity index (χ0n) is 15.8. The van der Waals surface area contributed by atoms with E-state index in [4.69, 9.17) is 4.74 Å². The number of amides is 1. The molecule has 150 valence electrons. The molecule has 8 nitrogen and oxygen atoms in total. The monoisotopic (exact) mass is 404 g/mol. The zero-order chi connectivity index (χ0) is 20.5. The molecule has 0 fully saturated rings. The summed E-state index contributed by atoms with van der Waals surface area (Å²) in [7, 11) is 0. The van der Waals surface area contributed by atoms with Gasteiger partial charge in [0.2, 0.25) is 0 Å². The first-order valence-corrected chi connectivity index (χ1v) is 9.38. The number of fused-ring (bicyclic) bond motifs is 3. The van der Waals surface area contributed by atoms with Crippen LogP contribution in [0.4, 0.5) is 4.39 Å². The number of imidazole rings is 1. The molecule has 30 heavy (non-hydrogen) atoms. The standard InChI is InChI=1S/C21H17FN6O2/c22-15-12-27(11-14-5-2-1-3-6-14)26-18(15)21(29)25-16-13-30-17-7-4-8-23-20(17)28-10-9-24-19(16)28/h1-10,12,16H,11,13H2,(H,25,29). The van der Waals surface area contributed by atoms with E-state index in [-0.39, 0.29) is 12.3 Å². The normalized spacial score (nSPS) is 14.9. The van der Waals surface area contributed by atoms with E-state index in [1.165, 1.54) is 10.9 Å². The molecule has 4 heterocycles. The quantitative estimate of drug-likeness (QED) is 0.565. The maximum atomic E-state index is 14.4. The third kappa shape index (κ3) is 3.30. The summed E-state index contributed by atoms with van der Waals surface area (Å²) >= 11 is 0. The molecule has 0 aliphatic carbocycles. The van der Waals surface area contributed by atoms with Gasteiger partial charge < -0.3 is 10.1 Å². The van der Waals surface area contributed by atoms with Gasteiger partial charge in [-0.3, -0.25) is 14.0 Å². The van der Waals surface area contributed by atoms with Crippen molar-refractivity contribution >= 4 is 5.91 Å². The highest BCUT2D eigenvalue weighted by Gasteiger charge is 2.28. The molecule has 1 atom stereocenters. The summed E-state index contributed by atoms with van der Waals surface area (Å²) in [6.07, 6.45) is 6.23. The van der Waals surface area contributed by atoms with E-state index in [2.05, 4.69) is 20.4 Å². The second kappa shape index (κ2) is 7.43. The Labute approximate surface area is 171 Å². The molecule has 1 aliphatic rings. The molecule has 5 rings (SSSR count). The number of benzene rings is 1. The molecule has 0 saturated heterocycles. The van der Waals surface area contributed by atoms with E-state index >= 15 is 0 Å². The van der Waals surface area contributed by atoms with Crippen LogP contribution in [0, 0.1) is 5.82 Å². The van der Waals surface area contributed by atoms with Crippen LogP contribution in [0.1, 0.15) is 27.9 Å². The summed E-state index contributed by atoms with van der Waals surface area (Å²) in [5.41, 5.74) is 0.681. The summed E-state index contributed by atoms with van der Waals surface area (Å²) in [5.74, 6) is 0.379. The first kappa shape index (κ1) is 18.0. The smallest absolute Gasteiger partial charge is 0.275 e. The van der Waals surface area contributed by atoms with Crippen LogP contribution in [-0.4, -0.2) is 36.8 Å². The number of rotatable bonds is 4. The Morgan fingerprint density at radius 2 is 2.03 bits per heavy atom. The van der Waals surface area contributed by atoms with Gasteiger partial charge in [0.25, 0.3) is 5.91 Å². The van der Waals surface area contributed by atoms with Crippen LogP contribution in [-0.2, 0) is 6.54 Å². The second-order valence-corrected chi connectivity index (χ2v) is 6.83. The summed E-state index contributed by atoms with van der Waals surface area (Å²) < 4.78 is 23.4. The summed E-state index contributed by atoms with van der Waals surface area (Å²) in [6, 6.07) is 12.5. The molecule has 0 bridgehead atoms. The van der Waals surface area contributed by atoms with Gasteiger partial charge in [0.1, 0.15) is 18.5 Å². The molecule has 1 unspecified atom stereocenters. The average molecular weight is 404 g/mol. The molecule has 1 amide bonds. The minimum Gasteiger partial charge on any atom is -0.487 e. The number of nitrogens with zero attached hydrogens (tertiary/aromatic N) is 5. The first-order valence-electron chi connectivity index (χ1n) is 9.38. The minimum absolute atomic E-state index is 0.133. The third-order valence-corrected chi connectivity index (χ3v) is 4.79. The zero-order valence-corrected chi connectivity index (χ0v) is 15.8. The lowest BCUT2D eigenvalue weighted by Gasteiger charge is -2.15. The number of carbonyl (C=O) groups excluding carboxylic acids is 1. The predicted octanol–water partition coefficient (Wildman–Crippen LogP) is 2.51. The fraction of sp³-hybridized carbons (Fsp3) is 0.143. The highest BCUT2D eigenvalue weighted by atomic mass is 19.1. The lowest BCUT2D eigenvalue weighted by molar-refractivity contribution is 0.0910. The fourth-order valence-corrected chi connectivity index (χ4v) is 3.41. The van der Waals surface area contributed by atoms with Crippen LogP contribution in [0.3, 0.4) is 0 Å². The van der Waals surface area contributed by atoms with Gasteiger partial charge in [0.05, 0.1) is 12.7 Å². The van der Waals surface area contributed by atoms with E-state index in [0.29, 0.717) is 23.9 Å². The number of hydrogen-bond acceptors (Lipinski definition) is 5. The number of aromatic nitrogens is 5. The van der Waals surface area contributed by atoms with Crippen molar-refractivity contribution in [1.82, 2.24) is 29.6 Å². The number of ether oxygens (including phenoxy) is 1. The van der Waals surface area contributed by atoms with Crippen LogP contribution in [0.25, 0.3) is 5.82 Å². The number of pyridine rings is 1. The Morgan fingerprint density at radius 1 is 1.17 bits per heavy atom. The minimum atomic E-state index is -0.689. The fourth-order valence-electron chi connectivity index (χ4n) is 3.41. The maximum Gasteiger partial charge on any atom is 0.275 e. The Hall–Kier alpha value is -4.01. The number of carbonyl (C=O) groups is 1. The Balaban J connectivity index is 1.38. The van der Waals surface area contributed by atoms with Gasteiger partial charge in [-0.05, 0) is 17.7 Å². The predicted molar refractivity (Wildman–Crippen MR) is 105 cm³/mol. The lowest BCUT2D eigenvalue weighted by Crippen LogP contribution is -2.34. The summed E-state index contributed by atoms with van der Waals surface area (Å²) in [4.78, 5) is 21.4. The topological polar surface area (TPSA) is 86.9 Å². The summed E-state index contributed by atoms with van der Waals surface area (Å²) in [5, 5.41) is 6.91. The van der Waals surface area contributed by atoms with Crippen LogP contribution < -0.4 is 10.1 Å². The summed E-state index contributed by atoms with van der Waals surface area (Å²) in [6.45, 7) is 0.497. The molecule has 4 aromatic rings. The highest BCUT2D eigenvalue weighted by molar-refractivity contribution is 5.92. The van der Waals surface area contributed by atoms with Gasteiger partial charge in [-0.2, -0.15) is 5.10 Å². The molecular weight excluding hydrogens is 387 g/mol. The van der Waals surface area contributed by atoms with E-state index in [1.54, 1.807) is 35.3 Å². The van der Waals surface area contributed by atoms with Gasteiger partial charge in [0, 0.05) is 18.6 Å². The Bertz CT molecular complexity index is 1200. The molecule has 0 spiro atoms.